The Morgan fingerprint density at radius 1 is 0.833 bits per heavy atom. The maximum atomic E-state index is 6.48. The van der Waals surface area contributed by atoms with Gasteiger partial charge in [0.1, 0.15) is 0 Å². The van der Waals surface area contributed by atoms with Gasteiger partial charge in [-0.3, -0.25) is 0 Å². The molecule has 2 heteroatoms. The molecule has 0 saturated heterocycles. The molecular formula is C16H32B2. The van der Waals surface area contributed by atoms with Gasteiger partial charge in [0.2, 0.25) is 0 Å². The third kappa shape index (κ3) is 5.02. The van der Waals surface area contributed by atoms with Crippen LogP contribution in [0.5, 0.6) is 0 Å². The summed E-state index contributed by atoms with van der Waals surface area (Å²) in [5, 5.41) is -0.547. The van der Waals surface area contributed by atoms with Gasteiger partial charge in [0.25, 0.3) is 0 Å². The fourth-order valence-electron chi connectivity index (χ4n) is 2.79. The van der Waals surface area contributed by atoms with Crippen molar-refractivity contribution < 1.29 is 0 Å². The number of hydrogen-bond acceptors (Lipinski definition) is 0. The average molecular weight is 246 g/mol. The van der Waals surface area contributed by atoms with Crippen LogP contribution < -0.4 is 0 Å². The van der Waals surface area contributed by atoms with Crippen LogP contribution in [0.15, 0.2) is 0 Å². The van der Waals surface area contributed by atoms with E-state index in [1.807, 2.05) is 0 Å². The minimum Gasteiger partial charge on any atom is -0.0916 e. The Balaban J connectivity index is 4.67. The molecule has 0 atom stereocenters. The highest BCUT2D eigenvalue weighted by Gasteiger charge is 2.40. The molecule has 0 aliphatic heterocycles. The third-order valence-corrected chi connectivity index (χ3v) is 4.66. The van der Waals surface area contributed by atoms with Crippen LogP contribution in [0.4, 0.5) is 0 Å². The highest BCUT2D eigenvalue weighted by atomic mass is 14.4. The van der Waals surface area contributed by atoms with Gasteiger partial charge in [-0.1, -0.05) is 84.3 Å². The van der Waals surface area contributed by atoms with E-state index in [1.54, 1.807) is 0 Å². The summed E-state index contributed by atoms with van der Waals surface area (Å²) in [6, 6.07) is 0. The van der Waals surface area contributed by atoms with E-state index in [1.165, 1.54) is 38.5 Å². The van der Waals surface area contributed by atoms with Crippen LogP contribution in [0.25, 0.3) is 0 Å². The first kappa shape index (κ1) is 18.1. The first-order valence-corrected chi connectivity index (χ1v) is 7.89. The van der Waals surface area contributed by atoms with Crippen LogP contribution in [-0.4, -0.2) is 15.7 Å². The van der Waals surface area contributed by atoms with E-state index in [-0.39, 0.29) is 5.41 Å². The lowest BCUT2D eigenvalue weighted by Crippen LogP contribution is -2.39. The molecule has 0 fully saturated rings. The van der Waals surface area contributed by atoms with Crippen LogP contribution >= 0.6 is 0 Å². The summed E-state index contributed by atoms with van der Waals surface area (Å²) < 4.78 is 0. The molecule has 0 aliphatic carbocycles. The van der Waals surface area contributed by atoms with Gasteiger partial charge < -0.3 is 0 Å². The fraction of sp³-hybridized carbons (Fsp3) is 1.00. The maximum Gasteiger partial charge on any atom is 0.0631 e. The second kappa shape index (κ2) is 8.33. The van der Waals surface area contributed by atoms with Gasteiger partial charge in [-0.05, 0) is 18.3 Å². The number of unbranched alkanes of at least 4 members (excludes halogenated alkanes) is 4. The topological polar surface area (TPSA) is 0 Å². The molecule has 0 bridgehead atoms. The van der Waals surface area contributed by atoms with Gasteiger partial charge in [0.05, 0.1) is 15.7 Å². The van der Waals surface area contributed by atoms with Gasteiger partial charge >= 0.3 is 0 Å². The van der Waals surface area contributed by atoms with E-state index in [0.717, 1.165) is 12.8 Å². The Kier molecular flexibility index (Phi) is 8.39. The van der Waals surface area contributed by atoms with Crippen molar-refractivity contribution in [3.8, 4) is 0 Å². The predicted octanol–water partition coefficient (Wildman–Crippen LogP) is 5.26. The Bertz CT molecular complexity index is 199. The normalized spacial score (nSPS) is 13.2. The van der Waals surface area contributed by atoms with Crippen LogP contribution in [0, 0.1) is 11.3 Å². The maximum absolute atomic E-state index is 6.48. The minimum absolute atomic E-state index is 0.0749. The molecule has 0 nitrogen and oxygen atoms in total. The predicted molar refractivity (Wildman–Crippen MR) is 85.4 cm³/mol. The molecule has 0 unspecified atom stereocenters. The zero-order valence-corrected chi connectivity index (χ0v) is 13.4. The second-order valence-electron chi connectivity index (χ2n) is 6.56. The molecule has 102 valence electrons. The monoisotopic (exact) mass is 246 g/mol. The Labute approximate surface area is 119 Å². The van der Waals surface area contributed by atoms with E-state index < -0.39 is 5.21 Å². The Morgan fingerprint density at radius 2 is 1.22 bits per heavy atom. The zero-order chi connectivity index (χ0) is 14.2. The van der Waals surface area contributed by atoms with Crippen molar-refractivity contribution in [3.05, 3.63) is 0 Å². The summed E-state index contributed by atoms with van der Waals surface area (Å²) in [7, 11) is 13.0. The molecule has 0 aromatic heterocycles. The molecule has 18 heavy (non-hydrogen) atoms. The summed E-state index contributed by atoms with van der Waals surface area (Å²) in [5.41, 5.74) is 0.0749. The van der Waals surface area contributed by atoms with Crippen molar-refractivity contribution in [2.75, 3.05) is 0 Å². The highest BCUT2D eigenvalue weighted by Crippen LogP contribution is 2.52. The van der Waals surface area contributed by atoms with Gasteiger partial charge in [-0.15, -0.1) is 0 Å². The Morgan fingerprint density at radius 3 is 1.50 bits per heavy atom. The lowest BCUT2D eigenvalue weighted by Gasteiger charge is -2.49. The smallest absolute Gasteiger partial charge is 0.0631 e. The van der Waals surface area contributed by atoms with Crippen molar-refractivity contribution in [1.82, 2.24) is 0 Å². The molecule has 0 aliphatic rings. The summed E-state index contributed by atoms with van der Waals surface area (Å²) in [6.07, 6.45) is 9.92. The van der Waals surface area contributed by atoms with E-state index in [2.05, 4.69) is 34.6 Å². The fourth-order valence-corrected chi connectivity index (χ4v) is 2.79. The summed E-state index contributed by atoms with van der Waals surface area (Å²) in [4.78, 5) is 0. The largest absolute Gasteiger partial charge is 0.0916 e. The van der Waals surface area contributed by atoms with Gasteiger partial charge in [0.15, 0.2) is 0 Å². The molecule has 0 N–H and O–H groups in total. The summed E-state index contributed by atoms with van der Waals surface area (Å²) in [5.74, 6) is 0.325. The van der Waals surface area contributed by atoms with E-state index in [0.29, 0.717) is 5.92 Å². The van der Waals surface area contributed by atoms with E-state index >= 15 is 0 Å². The van der Waals surface area contributed by atoms with Gasteiger partial charge in [0, 0.05) is 0 Å². The third-order valence-electron chi connectivity index (χ3n) is 4.66. The molecule has 0 aromatic rings. The molecule has 4 radical (unpaired) electrons. The van der Waals surface area contributed by atoms with Crippen LogP contribution in [0.2, 0.25) is 5.21 Å². The van der Waals surface area contributed by atoms with Crippen molar-refractivity contribution in [2.24, 2.45) is 11.3 Å². The van der Waals surface area contributed by atoms with E-state index in [4.69, 9.17) is 15.7 Å². The second-order valence-corrected chi connectivity index (χ2v) is 6.56. The highest BCUT2D eigenvalue weighted by molar-refractivity contribution is 6.40. The van der Waals surface area contributed by atoms with Crippen LogP contribution in [0.3, 0.4) is 0 Å². The lowest BCUT2D eigenvalue weighted by atomic mass is 9.37. The van der Waals surface area contributed by atoms with Crippen molar-refractivity contribution in [1.29, 1.82) is 0 Å². The SMILES string of the molecule is [B]C([B])(C(C)C)C(C)(CCCCC)CCCCC. The summed E-state index contributed by atoms with van der Waals surface area (Å²) in [6.45, 7) is 11.1. The molecule has 0 saturated carbocycles. The van der Waals surface area contributed by atoms with E-state index in [9.17, 15) is 0 Å². The standard InChI is InChI=1S/C16H32B2/c1-6-8-10-12-15(5,13-11-9-7-2)16(17,18)14(3)4/h14H,6-13H2,1-5H3. The van der Waals surface area contributed by atoms with Crippen molar-refractivity contribution in [3.63, 3.8) is 0 Å². The Hall–Kier alpha value is 0.130. The molecular weight excluding hydrogens is 214 g/mol. The van der Waals surface area contributed by atoms with Gasteiger partial charge in [-0.25, -0.2) is 0 Å². The molecule has 0 amide bonds. The first-order chi connectivity index (χ1) is 8.31. The molecule has 0 spiro atoms. The van der Waals surface area contributed by atoms with Crippen molar-refractivity contribution in [2.45, 2.75) is 91.2 Å². The van der Waals surface area contributed by atoms with Gasteiger partial charge in [-0.2, -0.15) is 0 Å². The van der Waals surface area contributed by atoms with Crippen molar-refractivity contribution >= 4 is 15.7 Å². The van der Waals surface area contributed by atoms with Crippen LogP contribution in [0.1, 0.15) is 86.0 Å². The van der Waals surface area contributed by atoms with Crippen LogP contribution in [-0.2, 0) is 0 Å². The zero-order valence-electron chi connectivity index (χ0n) is 13.4. The quantitative estimate of drug-likeness (QED) is 0.364. The lowest BCUT2D eigenvalue weighted by molar-refractivity contribution is 0.177. The molecule has 0 rings (SSSR count). The summed E-state index contributed by atoms with van der Waals surface area (Å²) >= 11 is 0. The molecule has 0 heterocycles. The molecule has 0 aromatic carbocycles. The average Bonchev–Trinajstić information content (AvgIpc) is 2.29. The number of rotatable bonds is 10. The first-order valence-electron chi connectivity index (χ1n) is 7.89. The number of hydrogen-bond donors (Lipinski definition) is 0. The minimum atomic E-state index is -0.547.